The van der Waals surface area contributed by atoms with Crippen LogP contribution in [0.4, 0.5) is 5.82 Å². The fourth-order valence-corrected chi connectivity index (χ4v) is 3.06. The third kappa shape index (κ3) is 8.41. The SMILES string of the molecule is CCCCCCCC(C)(CCCCCC)Nc1ccccn1. The molecule has 1 aromatic rings. The van der Waals surface area contributed by atoms with Gasteiger partial charge in [0, 0.05) is 11.7 Å². The second kappa shape index (κ2) is 11.5. The van der Waals surface area contributed by atoms with Crippen LogP contribution in [0.15, 0.2) is 24.4 Å². The number of anilines is 1. The van der Waals surface area contributed by atoms with Crippen LogP contribution in [-0.2, 0) is 0 Å². The molecule has 2 nitrogen and oxygen atoms in total. The van der Waals surface area contributed by atoms with Crippen molar-refractivity contribution >= 4 is 5.82 Å². The summed E-state index contributed by atoms with van der Waals surface area (Å²) in [6.45, 7) is 6.94. The van der Waals surface area contributed by atoms with Crippen molar-refractivity contribution in [1.82, 2.24) is 4.98 Å². The minimum Gasteiger partial charge on any atom is -0.365 e. The standard InChI is InChI=1S/C20H36N2/c1-4-6-8-10-13-17-20(3,16-12-9-7-5-2)22-19-15-11-14-18-21-19/h11,14-15,18H,4-10,12-13,16-17H2,1-3H3,(H,21,22). The first kappa shape index (κ1) is 19.0. The molecule has 22 heavy (non-hydrogen) atoms. The van der Waals surface area contributed by atoms with Crippen LogP contribution < -0.4 is 5.32 Å². The molecule has 0 amide bonds. The van der Waals surface area contributed by atoms with E-state index in [4.69, 9.17) is 0 Å². The zero-order valence-corrected chi connectivity index (χ0v) is 15.0. The number of hydrogen-bond acceptors (Lipinski definition) is 2. The minimum atomic E-state index is 0.189. The van der Waals surface area contributed by atoms with E-state index in [-0.39, 0.29) is 5.54 Å². The fourth-order valence-electron chi connectivity index (χ4n) is 3.06. The number of nitrogens with one attached hydrogen (secondary N) is 1. The van der Waals surface area contributed by atoms with E-state index < -0.39 is 0 Å². The molecule has 1 unspecified atom stereocenters. The summed E-state index contributed by atoms with van der Waals surface area (Å²) in [7, 11) is 0. The van der Waals surface area contributed by atoms with Crippen molar-refractivity contribution in [3.63, 3.8) is 0 Å². The third-order valence-corrected chi connectivity index (χ3v) is 4.51. The highest BCUT2D eigenvalue weighted by molar-refractivity contribution is 5.36. The number of nitrogens with zero attached hydrogens (tertiary/aromatic N) is 1. The van der Waals surface area contributed by atoms with Crippen molar-refractivity contribution < 1.29 is 0 Å². The summed E-state index contributed by atoms with van der Waals surface area (Å²) < 4.78 is 0. The second-order valence-corrected chi connectivity index (χ2v) is 6.88. The number of aromatic nitrogens is 1. The summed E-state index contributed by atoms with van der Waals surface area (Å²) in [5, 5.41) is 3.71. The Hall–Kier alpha value is -1.05. The average Bonchev–Trinajstić information content (AvgIpc) is 2.52. The van der Waals surface area contributed by atoms with E-state index in [2.05, 4.69) is 43.2 Å². The van der Waals surface area contributed by atoms with Crippen LogP contribution in [0.5, 0.6) is 0 Å². The molecule has 0 saturated carbocycles. The first-order valence-corrected chi connectivity index (χ1v) is 9.39. The fraction of sp³-hybridized carbons (Fsp3) is 0.750. The lowest BCUT2D eigenvalue weighted by Gasteiger charge is -2.32. The predicted octanol–water partition coefficient (Wildman–Crippen LogP) is 6.58. The van der Waals surface area contributed by atoms with E-state index in [1.54, 1.807) is 0 Å². The van der Waals surface area contributed by atoms with Crippen LogP contribution in [0.2, 0.25) is 0 Å². The summed E-state index contributed by atoms with van der Waals surface area (Å²) >= 11 is 0. The van der Waals surface area contributed by atoms with Gasteiger partial charge >= 0.3 is 0 Å². The van der Waals surface area contributed by atoms with Crippen molar-refractivity contribution in [2.24, 2.45) is 0 Å². The van der Waals surface area contributed by atoms with Crippen molar-refractivity contribution in [3.8, 4) is 0 Å². The predicted molar refractivity (Wildman–Crippen MR) is 98.4 cm³/mol. The van der Waals surface area contributed by atoms with Crippen molar-refractivity contribution in [2.45, 2.75) is 96.9 Å². The van der Waals surface area contributed by atoms with Gasteiger partial charge in [0.2, 0.25) is 0 Å². The third-order valence-electron chi connectivity index (χ3n) is 4.51. The first-order valence-electron chi connectivity index (χ1n) is 9.39. The summed E-state index contributed by atoms with van der Waals surface area (Å²) in [5.74, 6) is 1.02. The van der Waals surface area contributed by atoms with Gasteiger partial charge in [0.1, 0.15) is 5.82 Å². The van der Waals surface area contributed by atoms with Crippen molar-refractivity contribution in [2.75, 3.05) is 5.32 Å². The number of unbranched alkanes of at least 4 members (excludes halogenated alkanes) is 7. The number of rotatable bonds is 13. The Labute approximate surface area is 138 Å². The molecule has 0 radical (unpaired) electrons. The Balaban J connectivity index is 2.47. The van der Waals surface area contributed by atoms with Crippen LogP contribution in [-0.4, -0.2) is 10.5 Å². The minimum absolute atomic E-state index is 0.189. The molecule has 1 aromatic heterocycles. The zero-order chi connectivity index (χ0) is 16.1. The van der Waals surface area contributed by atoms with E-state index in [0.717, 1.165) is 5.82 Å². The molecule has 0 saturated heterocycles. The van der Waals surface area contributed by atoms with Crippen LogP contribution in [0.3, 0.4) is 0 Å². The van der Waals surface area contributed by atoms with Gasteiger partial charge in [-0.15, -0.1) is 0 Å². The highest BCUT2D eigenvalue weighted by atomic mass is 15.0. The maximum absolute atomic E-state index is 4.45. The normalized spacial score (nSPS) is 13.8. The molecule has 1 heterocycles. The van der Waals surface area contributed by atoms with Crippen molar-refractivity contribution in [1.29, 1.82) is 0 Å². The first-order chi connectivity index (χ1) is 10.7. The van der Waals surface area contributed by atoms with Crippen LogP contribution >= 0.6 is 0 Å². The average molecular weight is 305 g/mol. The summed E-state index contributed by atoms with van der Waals surface area (Å²) in [5.41, 5.74) is 0.189. The molecule has 1 rings (SSSR count). The molecular formula is C20H36N2. The highest BCUT2D eigenvalue weighted by Crippen LogP contribution is 2.26. The molecule has 0 fully saturated rings. The summed E-state index contributed by atoms with van der Waals surface area (Å²) in [6, 6.07) is 6.13. The molecule has 126 valence electrons. The van der Waals surface area contributed by atoms with E-state index in [9.17, 15) is 0 Å². The smallest absolute Gasteiger partial charge is 0.126 e. The van der Waals surface area contributed by atoms with E-state index in [0.29, 0.717) is 0 Å². The Kier molecular flexibility index (Phi) is 9.94. The van der Waals surface area contributed by atoms with E-state index in [1.807, 2.05) is 12.3 Å². The van der Waals surface area contributed by atoms with E-state index >= 15 is 0 Å². The molecule has 1 N–H and O–H groups in total. The highest BCUT2D eigenvalue weighted by Gasteiger charge is 2.23. The van der Waals surface area contributed by atoms with Gasteiger partial charge in [-0.25, -0.2) is 4.98 Å². The lowest BCUT2D eigenvalue weighted by atomic mass is 9.88. The van der Waals surface area contributed by atoms with Gasteiger partial charge in [0.05, 0.1) is 0 Å². The number of pyridine rings is 1. The zero-order valence-electron chi connectivity index (χ0n) is 15.0. The van der Waals surface area contributed by atoms with Gasteiger partial charge in [-0.1, -0.05) is 77.7 Å². The van der Waals surface area contributed by atoms with Gasteiger partial charge in [0.15, 0.2) is 0 Å². The molecule has 0 bridgehead atoms. The topological polar surface area (TPSA) is 24.9 Å². The summed E-state index contributed by atoms with van der Waals surface area (Å²) in [4.78, 5) is 4.45. The Morgan fingerprint density at radius 2 is 1.45 bits per heavy atom. The Morgan fingerprint density at radius 3 is 2.00 bits per heavy atom. The largest absolute Gasteiger partial charge is 0.365 e. The molecule has 0 spiro atoms. The summed E-state index contributed by atoms with van der Waals surface area (Å²) in [6.07, 6.45) is 16.5. The molecule has 0 aliphatic rings. The molecule has 0 aromatic carbocycles. The Morgan fingerprint density at radius 1 is 0.864 bits per heavy atom. The van der Waals surface area contributed by atoms with Crippen LogP contribution in [0, 0.1) is 0 Å². The van der Waals surface area contributed by atoms with Gasteiger partial charge in [-0.05, 0) is 31.9 Å². The van der Waals surface area contributed by atoms with Crippen LogP contribution in [0.1, 0.15) is 91.4 Å². The van der Waals surface area contributed by atoms with E-state index in [1.165, 1.54) is 70.6 Å². The molecule has 0 aliphatic heterocycles. The monoisotopic (exact) mass is 304 g/mol. The molecular weight excluding hydrogens is 268 g/mol. The Bertz CT molecular complexity index is 363. The molecule has 0 aliphatic carbocycles. The second-order valence-electron chi connectivity index (χ2n) is 6.88. The molecule has 1 atom stereocenters. The quantitative estimate of drug-likeness (QED) is 0.416. The van der Waals surface area contributed by atoms with Gasteiger partial charge < -0.3 is 5.32 Å². The van der Waals surface area contributed by atoms with Crippen LogP contribution in [0.25, 0.3) is 0 Å². The van der Waals surface area contributed by atoms with Gasteiger partial charge in [-0.2, -0.15) is 0 Å². The lowest BCUT2D eigenvalue weighted by molar-refractivity contribution is 0.393. The lowest BCUT2D eigenvalue weighted by Crippen LogP contribution is -2.35. The van der Waals surface area contributed by atoms with Gasteiger partial charge in [0.25, 0.3) is 0 Å². The number of hydrogen-bond donors (Lipinski definition) is 1. The van der Waals surface area contributed by atoms with Gasteiger partial charge in [-0.3, -0.25) is 0 Å². The maximum atomic E-state index is 4.45. The molecule has 2 heteroatoms. The van der Waals surface area contributed by atoms with Crippen molar-refractivity contribution in [3.05, 3.63) is 24.4 Å². The maximum Gasteiger partial charge on any atom is 0.126 e.